The van der Waals surface area contributed by atoms with Crippen molar-refractivity contribution in [1.29, 1.82) is 0 Å². The zero-order valence-electron chi connectivity index (χ0n) is 45.1. The van der Waals surface area contributed by atoms with E-state index in [1.54, 1.807) is 0 Å². The Hall–Kier alpha value is -2.66. The standard InChI is InChI=1S/C63H112O5/c1-3-5-7-9-11-13-15-17-19-21-23-25-27-29-30-31-32-34-35-37-39-41-43-45-47-49-51-53-55-57-62(65)67-60-61(59-64)68-63(66)58-56-54-52-50-48-46-44-42-40-38-36-33-28-26-24-22-20-18-16-14-12-10-8-6-4-2/h6,8,12,14-15,17-18,20-21,23-24,26,61,64H,3-5,7,9-11,13,16,19,22,25,27-60H2,1-2H3/b8-6-,14-12-,17-15-,20-18-,23-21-,26-24-. The van der Waals surface area contributed by atoms with E-state index in [9.17, 15) is 14.7 Å². The summed E-state index contributed by atoms with van der Waals surface area (Å²) < 4.78 is 10.7. The summed E-state index contributed by atoms with van der Waals surface area (Å²) in [6, 6.07) is 0. The van der Waals surface area contributed by atoms with Crippen LogP contribution in [0.2, 0.25) is 0 Å². The van der Waals surface area contributed by atoms with Crippen LogP contribution in [0.3, 0.4) is 0 Å². The molecule has 1 unspecified atom stereocenters. The third-order valence-corrected chi connectivity index (χ3v) is 13.0. The number of hydrogen-bond acceptors (Lipinski definition) is 5. The molecule has 0 aromatic rings. The fourth-order valence-corrected chi connectivity index (χ4v) is 8.58. The molecule has 0 saturated heterocycles. The highest BCUT2D eigenvalue weighted by Crippen LogP contribution is 2.17. The normalized spacial score (nSPS) is 12.7. The molecule has 0 amide bonds. The van der Waals surface area contributed by atoms with Crippen LogP contribution in [0.1, 0.15) is 296 Å². The Labute approximate surface area is 423 Å². The average Bonchev–Trinajstić information content (AvgIpc) is 3.34. The summed E-state index contributed by atoms with van der Waals surface area (Å²) in [7, 11) is 0. The van der Waals surface area contributed by atoms with Crippen molar-refractivity contribution in [3.05, 3.63) is 72.9 Å². The van der Waals surface area contributed by atoms with Gasteiger partial charge in [0.25, 0.3) is 0 Å². The second-order valence-corrected chi connectivity index (χ2v) is 19.7. The van der Waals surface area contributed by atoms with Gasteiger partial charge in [-0.1, -0.05) is 273 Å². The first kappa shape index (κ1) is 65.3. The molecule has 1 atom stereocenters. The van der Waals surface area contributed by atoms with E-state index in [1.165, 1.54) is 199 Å². The maximum absolute atomic E-state index is 12.3. The van der Waals surface area contributed by atoms with Crippen LogP contribution in [0.15, 0.2) is 72.9 Å². The molecule has 0 heterocycles. The van der Waals surface area contributed by atoms with Gasteiger partial charge in [0.2, 0.25) is 0 Å². The summed E-state index contributed by atoms with van der Waals surface area (Å²) in [5.74, 6) is -0.583. The predicted octanol–water partition coefficient (Wildman–Crippen LogP) is 20.0. The van der Waals surface area contributed by atoms with E-state index in [0.29, 0.717) is 12.8 Å². The molecule has 0 radical (unpaired) electrons. The zero-order valence-corrected chi connectivity index (χ0v) is 45.1. The Kier molecular flexibility index (Phi) is 56.4. The molecule has 0 bridgehead atoms. The van der Waals surface area contributed by atoms with Crippen LogP contribution >= 0.6 is 0 Å². The van der Waals surface area contributed by atoms with Crippen LogP contribution in [-0.2, 0) is 19.1 Å². The molecular weight excluding hydrogens is 837 g/mol. The first-order valence-electron chi connectivity index (χ1n) is 29.5. The Bertz CT molecular complexity index is 1210. The molecule has 68 heavy (non-hydrogen) atoms. The zero-order chi connectivity index (χ0) is 49.2. The van der Waals surface area contributed by atoms with Crippen LogP contribution in [0, 0.1) is 0 Å². The molecule has 0 saturated carbocycles. The van der Waals surface area contributed by atoms with Gasteiger partial charge in [-0.05, 0) is 83.5 Å². The fraction of sp³-hybridized carbons (Fsp3) is 0.778. The van der Waals surface area contributed by atoms with Crippen LogP contribution in [0.5, 0.6) is 0 Å². The van der Waals surface area contributed by atoms with Gasteiger partial charge in [0, 0.05) is 12.8 Å². The number of carbonyl (C=O) groups excluding carboxylic acids is 2. The number of aliphatic hydroxyl groups is 1. The van der Waals surface area contributed by atoms with E-state index in [2.05, 4.69) is 86.8 Å². The lowest BCUT2D eigenvalue weighted by Gasteiger charge is -2.15. The quantitative estimate of drug-likeness (QED) is 0.0374. The molecule has 0 aromatic heterocycles. The molecule has 5 nitrogen and oxygen atoms in total. The van der Waals surface area contributed by atoms with E-state index >= 15 is 0 Å². The predicted molar refractivity (Wildman–Crippen MR) is 297 cm³/mol. The van der Waals surface area contributed by atoms with Gasteiger partial charge >= 0.3 is 11.9 Å². The van der Waals surface area contributed by atoms with Crippen molar-refractivity contribution < 1.29 is 24.2 Å². The van der Waals surface area contributed by atoms with E-state index in [4.69, 9.17) is 9.47 Å². The van der Waals surface area contributed by atoms with Crippen LogP contribution < -0.4 is 0 Å². The largest absolute Gasteiger partial charge is 0.462 e. The number of aliphatic hydroxyl groups excluding tert-OH is 1. The number of hydrogen-bond donors (Lipinski definition) is 1. The first-order chi connectivity index (χ1) is 33.6. The number of esters is 2. The maximum Gasteiger partial charge on any atom is 0.306 e. The minimum atomic E-state index is -0.776. The van der Waals surface area contributed by atoms with Gasteiger partial charge in [0.15, 0.2) is 6.10 Å². The highest BCUT2D eigenvalue weighted by atomic mass is 16.6. The minimum absolute atomic E-state index is 0.0661. The lowest BCUT2D eigenvalue weighted by Crippen LogP contribution is -2.28. The third-order valence-electron chi connectivity index (χ3n) is 13.0. The molecule has 0 aliphatic rings. The van der Waals surface area contributed by atoms with Crippen molar-refractivity contribution in [2.24, 2.45) is 0 Å². The van der Waals surface area contributed by atoms with Gasteiger partial charge in [-0.15, -0.1) is 0 Å². The number of unbranched alkanes of at least 4 members (excludes halogenated alkanes) is 34. The molecule has 394 valence electrons. The molecule has 0 aliphatic carbocycles. The molecule has 0 aromatic carbocycles. The number of allylic oxidation sites excluding steroid dienone is 12. The van der Waals surface area contributed by atoms with E-state index in [0.717, 1.165) is 70.6 Å². The second-order valence-electron chi connectivity index (χ2n) is 19.7. The molecule has 5 heteroatoms. The van der Waals surface area contributed by atoms with Crippen molar-refractivity contribution in [1.82, 2.24) is 0 Å². The summed E-state index contributed by atoms with van der Waals surface area (Å²) in [6.07, 6.45) is 80.3. The second kappa shape index (κ2) is 58.7. The molecule has 0 aliphatic heterocycles. The molecular formula is C63H112O5. The van der Waals surface area contributed by atoms with Crippen molar-refractivity contribution in [3.8, 4) is 0 Å². The highest BCUT2D eigenvalue weighted by molar-refractivity contribution is 5.70. The first-order valence-corrected chi connectivity index (χ1v) is 29.5. The van der Waals surface area contributed by atoms with Crippen molar-refractivity contribution in [2.75, 3.05) is 13.2 Å². The minimum Gasteiger partial charge on any atom is -0.462 e. The van der Waals surface area contributed by atoms with E-state index < -0.39 is 6.10 Å². The van der Waals surface area contributed by atoms with Gasteiger partial charge in [-0.25, -0.2) is 0 Å². The number of ether oxygens (including phenoxy) is 2. The summed E-state index contributed by atoms with van der Waals surface area (Å²) in [4.78, 5) is 24.6. The van der Waals surface area contributed by atoms with Gasteiger partial charge in [0.05, 0.1) is 6.61 Å². The maximum atomic E-state index is 12.3. The van der Waals surface area contributed by atoms with E-state index in [-0.39, 0.29) is 25.2 Å². The van der Waals surface area contributed by atoms with E-state index in [1.807, 2.05) is 0 Å². The summed E-state index contributed by atoms with van der Waals surface area (Å²) >= 11 is 0. The Balaban J connectivity index is 3.46. The monoisotopic (exact) mass is 949 g/mol. The fourth-order valence-electron chi connectivity index (χ4n) is 8.58. The van der Waals surface area contributed by atoms with Crippen LogP contribution in [-0.4, -0.2) is 36.4 Å². The lowest BCUT2D eigenvalue weighted by molar-refractivity contribution is -0.161. The molecule has 0 spiro atoms. The third kappa shape index (κ3) is 55.9. The Morgan fingerprint density at radius 3 is 0.956 bits per heavy atom. The van der Waals surface area contributed by atoms with Crippen LogP contribution in [0.25, 0.3) is 0 Å². The van der Waals surface area contributed by atoms with Gasteiger partial charge < -0.3 is 14.6 Å². The summed E-state index contributed by atoms with van der Waals surface area (Å²) in [5, 5.41) is 9.66. The number of rotatable bonds is 54. The average molecular weight is 950 g/mol. The molecule has 0 fully saturated rings. The SMILES string of the molecule is CC/C=C\C/C=C\C/C=C\C/C=C\CCCCCCCCCCCCCCC(=O)OC(CO)COC(=O)CCCCCCCCCCCCCCCCCCC/C=C\C/C=C\CCCCCCC. The van der Waals surface area contributed by atoms with Gasteiger partial charge in [0.1, 0.15) is 6.61 Å². The topological polar surface area (TPSA) is 72.8 Å². The highest BCUT2D eigenvalue weighted by Gasteiger charge is 2.16. The Morgan fingerprint density at radius 1 is 0.353 bits per heavy atom. The summed E-state index contributed by atoms with van der Waals surface area (Å²) in [5.41, 5.74) is 0. The van der Waals surface area contributed by atoms with Crippen molar-refractivity contribution in [3.63, 3.8) is 0 Å². The molecule has 1 N–H and O–H groups in total. The Morgan fingerprint density at radius 2 is 0.632 bits per heavy atom. The molecule has 0 rings (SSSR count). The lowest BCUT2D eigenvalue weighted by atomic mass is 10.0. The van der Waals surface area contributed by atoms with Crippen molar-refractivity contribution >= 4 is 11.9 Å². The smallest absolute Gasteiger partial charge is 0.306 e. The van der Waals surface area contributed by atoms with Crippen LogP contribution in [0.4, 0.5) is 0 Å². The number of carbonyl (C=O) groups is 2. The van der Waals surface area contributed by atoms with Gasteiger partial charge in [-0.3, -0.25) is 9.59 Å². The summed E-state index contributed by atoms with van der Waals surface area (Å²) in [6.45, 7) is 4.05. The van der Waals surface area contributed by atoms with Crippen molar-refractivity contribution in [2.45, 2.75) is 302 Å². The van der Waals surface area contributed by atoms with Gasteiger partial charge in [-0.2, -0.15) is 0 Å².